The first-order chi connectivity index (χ1) is 7.75. The Kier molecular flexibility index (Phi) is 3.93. The molecule has 2 aromatic rings. The maximum absolute atomic E-state index is 11.2. The highest BCUT2D eigenvalue weighted by molar-refractivity contribution is 7.99. The Hall–Kier alpha value is -0.900. The Bertz CT molecular complexity index is 437. The highest BCUT2D eigenvalue weighted by Crippen LogP contribution is 2.27. The van der Waals surface area contributed by atoms with E-state index in [0.29, 0.717) is 0 Å². The molecular formula is C13H12OS2. The molecule has 0 radical (unpaired) electrons. The van der Waals surface area contributed by atoms with E-state index in [2.05, 4.69) is 12.1 Å². The van der Waals surface area contributed by atoms with Crippen molar-refractivity contribution in [2.45, 2.75) is 14.7 Å². The third-order valence-corrected chi connectivity index (χ3v) is 4.09. The van der Waals surface area contributed by atoms with Crippen molar-refractivity contribution < 1.29 is 4.55 Å². The molecule has 0 N–H and O–H groups in total. The molecule has 0 aliphatic carbocycles. The molecule has 0 fully saturated rings. The summed E-state index contributed by atoms with van der Waals surface area (Å²) in [7, 11) is 0. The van der Waals surface area contributed by atoms with Gasteiger partial charge in [0, 0.05) is 9.79 Å². The Morgan fingerprint density at radius 2 is 1.44 bits per heavy atom. The summed E-state index contributed by atoms with van der Waals surface area (Å²) in [5, 5.41) is 0. The molecule has 0 spiro atoms. The molecule has 0 aromatic heterocycles. The monoisotopic (exact) mass is 248 g/mol. The zero-order valence-corrected chi connectivity index (χ0v) is 10.6. The molecular weight excluding hydrogens is 236 g/mol. The number of hydrogen-bond donors (Lipinski definition) is 0. The zero-order valence-electron chi connectivity index (χ0n) is 8.92. The fourth-order valence-electron chi connectivity index (χ4n) is 1.32. The quantitative estimate of drug-likeness (QED) is 0.775. The smallest absolute Gasteiger partial charge is 0.152 e. The second-order valence-corrected chi connectivity index (χ2v) is 5.87. The van der Waals surface area contributed by atoms with Crippen LogP contribution in [0.4, 0.5) is 0 Å². The van der Waals surface area contributed by atoms with Crippen LogP contribution in [-0.2, 0) is 11.2 Å². The Morgan fingerprint density at radius 3 is 2.00 bits per heavy atom. The standard InChI is InChI=1S/C13H12OS2/c1-16(14)13-9-7-12(8-10-13)15-11-5-3-2-4-6-11/h2-10H,1H3. The van der Waals surface area contributed by atoms with Crippen molar-refractivity contribution in [3.63, 3.8) is 0 Å². The molecule has 0 aliphatic rings. The van der Waals surface area contributed by atoms with Crippen LogP contribution in [0.3, 0.4) is 0 Å². The fraction of sp³-hybridized carbons (Fsp3) is 0.0769. The van der Waals surface area contributed by atoms with Gasteiger partial charge in [-0.2, -0.15) is 0 Å². The van der Waals surface area contributed by atoms with E-state index in [1.54, 1.807) is 18.0 Å². The highest BCUT2D eigenvalue weighted by Gasteiger charge is 2.03. The van der Waals surface area contributed by atoms with Gasteiger partial charge in [0.1, 0.15) is 6.26 Å². The van der Waals surface area contributed by atoms with E-state index in [9.17, 15) is 4.55 Å². The van der Waals surface area contributed by atoms with Gasteiger partial charge < -0.3 is 4.55 Å². The van der Waals surface area contributed by atoms with E-state index >= 15 is 0 Å². The van der Waals surface area contributed by atoms with Gasteiger partial charge in [0.2, 0.25) is 0 Å². The van der Waals surface area contributed by atoms with Crippen LogP contribution in [0, 0.1) is 0 Å². The first kappa shape index (κ1) is 11.6. The summed E-state index contributed by atoms with van der Waals surface area (Å²) in [6.45, 7) is 0. The largest absolute Gasteiger partial charge is 0.612 e. The molecule has 16 heavy (non-hydrogen) atoms. The van der Waals surface area contributed by atoms with Gasteiger partial charge in [-0.3, -0.25) is 0 Å². The minimum Gasteiger partial charge on any atom is -0.612 e. The molecule has 1 atom stereocenters. The maximum Gasteiger partial charge on any atom is 0.152 e. The molecule has 0 amide bonds. The molecule has 0 saturated heterocycles. The van der Waals surface area contributed by atoms with Crippen LogP contribution < -0.4 is 0 Å². The van der Waals surface area contributed by atoms with Gasteiger partial charge in [-0.05, 0) is 47.6 Å². The van der Waals surface area contributed by atoms with E-state index in [-0.39, 0.29) is 0 Å². The van der Waals surface area contributed by atoms with Crippen LogP contribution >= 0.6 is 11.8 Å². The molecule has 2 rings (SSSR count). The molecule has 3 heteroatoms. The van der Waals surface area contributed by atoms with Crippen LogP contribution in [0.15, 0.2) is 69.3 Å². The van der Waals surface area contributed by atoms with Crippen molar-refractivity contribution in [2.24, 2.45) is 0 Å². The average molecular weight is 248 g/mol. The third-order valence-electron chi connectivity index (χ3n) is 2.13. The predicted molar refractivity (Wildman–Crippen MR) is 69.3 cm³/mol. The van der Waals surface area contributed by atoms with Gasteiger partial charge in [0.25, 0.3) is 0 Å². The Labute approximate surface area is 103 Å². The van der Waals surface area contributed by atoms with Crippen molar-refractivity contribution in [2.75, 3.05) is 6.26 Å². The van der Waals surface area contributed by atoms with Crippen molar-refractivity contribution in [3.05, 3.63) is 54.6 Å². The Balaban J connectivity index is 2.11. The third kappa shape index (κ3) is 3.04. The lowest BCUT2D eigenvalue weighted by Crippen LogP contribution is -1.95. The van der Waals surface area contributed by atoms with E-state index in [4.69, 9.17) is 0 Å². The van der Waals surface area contributed by atoms with Gasteiger partial charge in [0.05, 0.1) is 0 Å². The van der Waals surface area contributed by atoms with Crippen LogP contribution in [0.5, 0.6) is 0 Å². The lowest BCUT2D eigenvalue weighted by Gasteiger charge is -2.05. The van der Waals surface area contributed by atoms with Crippen LogP contribution in [0.25, 0.3) is 0 Å². The zero-order chi connectivity index (χ0) is 11.4. The number of benzene rings is 2. The molecule has 0 heterocycles. The summed E-state index contributed by atoms with van der Waals surface area (Å²) in [5.41, 5.74) is 0. The predicted octanol–water partition coefficient (Wildman–Crippen LogP) is 3.58. The molecule has 1 unspecified atom stereocenters. The SMILES string of the molecule is C[S+]([O-])c1ccc(Sc2ccccc2)cc1. The molecule has 82 valence electrons. The van der Waals surface area contributed by atoms with E-state index in [0.717, 1.165) is 4.90 Å². The van der Waals surface area contributed by atoms with E-state index in [1.807, 2.05) is 42.5 Å². The van der Waals surface area contributed by atoms with Gasteiger partial charge in [-0.1, -0.05) is 30.0 Å². The van der Waals surface area contributed by atoms with Crippen molar-refractivity contribution in [1.82, 2.24) is 0 Å². The maximum atomic E-state index is 11.2. The lowest BCUT2D eigenvalue weighted by molar-refractivity contribution is 0.601. The highest BCUT2D eigenvalue weighted by atomic mass is 32.2. The normalized spacial score (nSPS) is 12.4. The fourth-order valence-corrected chi connectivity index (χ4v) is 2.68. The molecule has 0 saturated carbocycles. The molecule has 1 nitrogen and oxygen atoms in total. The number of rotatable bonds is 3. The summed E-state index contributed by atoms with van der Waals surface area (Å²) in [5.74, 6) is 0. The van der Waals surface area contributed by atoms with E-state index < -0.39 is 11.2 Å². The van der Waals surface area contributed by atoms with Crippen molar-refractivity contribution in [3.8, 4) is 0 Å². The van der Waals surface area contributed by atoms with Gasteiger partial charge in [-0.15, -0.1) is 0 Å². The minimum atomic E-state index is -0.893. The van der Waals surface area contributed by atoms with Gasteiger partial charge in [-0.25, -0.2) is 0 Å². The Morgan fingerprint density at radius 1 is 0.875 bits per heavy atom. The molecule has 0 aliphatic heterocycles. The van der Waals surface area contributed by atoms with Gasteiger partial charge >= 0.3 is 0 Å². The lowest BCUT2D eigenvalue weighted by atomic mass is 10.4. The van der Waals surface area contributed by atoms with Gasteiger partial charge in [0.15, 0.2) is 4.90 Å². The minimum absolute atomic E-state index is 0.873. The second-order valence-electron chi connectivity index (χ2n) is 3.34. The number of hydrogen-bond acceptors (Lipinski definition) is 2. The summed E-state index contributed by atoms with van der Waals surface area (Å²) in [4.78, 5) is 3.26. The van der Waals surface area contributed by atoms with Crippen molar-refractivity contribution >= 4 is 22.9 Å². The first-order valence-corrected chi connectivity index (χ1v) is 7.29. The summed E-state index contributed by atoms with van der Waals surface area (Å²) < 4.78 is 11.2. The first-order valence-electron chi connectivity index (χ1n) is 4.92. The average Bonchev–Trinajstić information content (AvgIpc) is 2.31. The topological polar surface area (TPSA) is 23.1 Å². The van der Waals surface area contributed by atoms with Crippen LogP contribution in [0.1, 0.15) is 0 Å². The van der Waals surface area contributed by atoms with Crippen LogP contribution in [-0.4, -0.2) is 10.8 Å². The van der Waals surface area contributed by atoms with E-state index in [1.165, 1.54) is 9.79 Å². The molecule has 2 aromatic carbocycles. The summed E-state index contributed by atoms with van der Waals surface area (Å²) in [6.07, 6.45) is 1.69. The second kappa shape index (κ2) is 5.43. The molecule has 0 bridgehead atoms. The summed E-state index contributed by atoms with van der Waals surface area (Å²) in [6, 6.07) is 18.1. The van der Waals surface area contributed by atoms with Crippen molar-refractivity contribution in [1.29, 1.82) is 0 Å². The summed E-state index contributed by atoms with van der Waals surface area (Å²) >= 11 is 0.816. The van der Waals surface area contributed by atoms with Crippen LogP contribution in [0.2, 0.25) is 0 Å².